The Balaban J connectivity index is 1.50. The number of nitrogens with one attached hydrogen (secondary N) is 1. The molecular weight excluding hydrogens is 302 g/mol. The van der Waals surface area contributed by atoms with Crippen molar-refractivity contribution in [3.63, 3.8) is 0 Å². The van der Waals surface area contributed by atoms with E-state index in [0.717, 1.165) is 35.2 Å². The third kappa shape index (κ3) is 2.60. The molecule has 1 aliphatic rings. The average Bonchev–Trinajstić information content (AvgIpc) is 3.15. The molecule has 1 amide bonds. The van der Waals surface area contributed by atoms with E-state index in [0.29, 0.717) is 6.54 Å². The van der Waals surface area contributed by atoms with E-state index in [1.165, 1.54) is 0 Å². The number of aromatic nitrogens is 3. The first-order chi connectivity index (χ1) is 11.7. The summed E-state index contributed by atoms with van der Waals surface area (Å²) in [5.74, 6) is 0.146. The quantitative estimate of drug-likeness (QED) is 0.800. The van der Waals surface area contributed by atoms with Crippen LogP contribution >= 0.6 is 0 Å². The van der Waals surface area contributed by atoms with E-state index in [-0.39, 0.29) is 11.9 Å². The van der Waals surface area contributed by atoms with Crippen molar-refractivity contribution in [3.05, 3.63) is 54.4 Å². The van der Waals surface area contributed by atoms with Gasteiger partial charge >= 0.3 is 0 Å². The molecule has 1 N–H and O–H groups in total. The molecule has 0 aliphatic carbocycles. The van der Waals surface area contributed by atoms with Gasteiger partial charge < -0.3 is 10.2 Å². The summed E-state index contributed by atoms with van der Waals surface area (Å²) in [6.45, 7) is 1.43. The Morgan fingerprint density at radius 3 is 2.92 bits per heavy atom. The van der Waals surface area contributed by atoms with Gasteiger partial charge in [0.25, 0.3) is 0 Å². The van der Waals surface area contributed by atoms with Crippen LogP contribution in [0, 0.1) is 0 Å². The maximum absolute atomic E-state index is 12.7. The van der Waals surface area contributed by atoms with Crippen LogP contribution in [0.1, 0.15) is 12.0 Å². The van der Waals surface area contributed by atoms with E-state index in [2.05, 4.69) is 27.5 Å². The van der Waals surface area contributed by atoms with Gasteiger partial charge in [-0.3, -0.25) is 9.48 Å². The van der Waals surface area contributed by atoms with Crippen LogP contribution in [0.15, 0.2) is 48.8 Å². The van der Waals surface area contributed by atoms with Crippen LogP contribution in [-0.2, 0) is 18.4 Å². The van der Waals surface area contributed by atoms with Gasteiger partial charge in [0.05, 0.1) is 11.6 Å². The van der Waals surface area contributed by atoms with Gasteiger partial charge in [-0.05, 0) is 18.1 Å². The number of likely N-dealkylation sites (tertiary alicyclic amines) is 1. The second-order valence-electron chi connectivity index (χ2n) is 6.09. The summed E-state index contributed by atoms with van der Waals surface area (Å²) in [6.07, 6.45) is 4.33. The van der Waals surface area contributed by atoms with Gasteiger partial charge in [0, 0.05) is 32.0 Å². The van der Waals surface area contributed by atoms with E-state index in [1.54, 1.807) is 17.1 Å². The van der Waals surface area contributed by atoms with E-state index >= 15 is 0 Å². The highest BCUT2D eigenvalue weighted by Crippen LogP contribution is 2.24. The van der Waals surface area contributed by atoms with Gasteiger partial charge in [0.2, 0.25) is 5.91 Å². The minimum absolute atomic E-state index is 0.146. The predicted octanol–water partition coefficient (Wildman–Crippen LogP) is 2.18. The lowest BCUT2D eigenvalue weighted by atomic mass is 10.2. The molecule has 3 aromatic rings. The third-order valence-corrected chi connectivity index (χ3v) is 4.48. The molecule has 6 nitrogen and oxygen atoms in total. The highest BCUT2D eigenvalue weighted by atomic mass is 16.2. The van der Waals surface area contributed by atoms with Crippen molar-refractivity contribution in [2.24, 2.45) is 7.05 Å². The normalized spacial score (nSPS) is 17.6. The number of rotatable bonds is 4. The SMILES string of the molecule is Cn1ncc2c(NC3CCN(Cc4ccccc4)C3=O)ccnc21. The Morgan fingerprint density at radius 2 is 2.08 bits per heavy atom. The summed E-state index contributed by atoms with van der Waals surface area (Å²) >= 11 is 0. The molecule has 1 fully saturated rings. The number of nitrogens with zero attached hydrogens (tertiary/aromatic N) is 4. The maximum Gasteiger partial charge on any atom is 0.245 e. The number of anilines is 1. The molecule has 1 aromatic carbocycles. The second-order valence-corrected chi connectivity index (χ2v) is 6.09. The van der Waals surface area contributed by atoms with Gasteiger partial charge in [-0.25, -0.2) is 4.98 Å². The molecule has 1 atom stereocenters. The molecule has 0 spiro atoms. The lowest BCUT2D eigenvalue weighted by molar-refractivity contribution is -0.128. The smallest absolute Gasteiger partial charge is 0.245 e. The fourth-order valence-corrected chi connectivity index (χ4v) is 3.19. The van der Waals surface area contributed by atoms with Crippen LogP contribution in [0.5, 0.6) is 0 Å². The molecule has 0 saturated carbocycles. The fourth-order valence-electron chi connectivity index (χ4n) is 3.19. The number of aryl methyl sites for hydroxylation is 1. The van der Waals surface area contributed by atoms with Crippen molar-refractivity contribution in [2.45, 2.75) is 19.0 Å². The monoisotopic (exact) mass is 321 g/mol. The molecular formula is C18H19N5O. The Kier molecular flexibility index (Phi) is 3.65. The van der Waals surface area contributed by atoms with Crippen LogP contribution in [-0.4, -0.2) is 38.2 Å². The molecule has 6 heteroatoms. The predicted molar refractivity (Wildman–Crippen MR) is 92.4 cm³/mol. The standard InChI is InChI=1S/C18H19N5O/c1-22-17-14(11-20-22)15(7-9-19-17)21-16-8-10-23(18(16)24)12-13-5-3-2-4-6-13/h2-7,9,11,16H,8,10,12H2,1H3,(H,19,21). The van der Waals surface area contributed by atoms with Crippen LogP contribution in [0.4, 0.5) is 5.69 Å². The Morgan fingerprint density at radius 1 is 1.25 bits per heavy atom. The molecule has 0 bridgehead atoms. The molecule has 4 rings (SSSR count). The Hall–Kier alpha value is -2.89. The summed E-state index contributed by atoms with van der Waals surface area (Å²) in [7, 11) is 1.86. The topological polar surface area (TPSA) is 63.1 Å². The molecule has 122 valence electrons. The van der Waals surface area contributed by atoms with Crippen LogP contribution in [0.25, 0.3) is 11.0 Å². The summed E-state index contributed by atoms with van der Waals surface area (Å²) < 4.78 is 1.73. The van der Waals surface area contributed by atoms with Crippen molar-refractivity contribution in [2.75, 3.05) is 11.9 Å². The number of benzene rings is 1. The van der Waals surface area contributed by atoms with Gasteiger partial charge in [0.15, 0.2) is 5.65 Å². The first-order valence-corrected chi connectivity index (χ1v) is 8.08. The largest absolute Gasteiger partial charge is 0.373 e. The van der Waals surface area contributed by atoms with Crippen molar-refractivity contribution in [1.29, 1.82) is 0 Å². The highest BCUT2D eigenvalue weighted by molar-refractivity contribution is 5.93. The second kappa shape index (κ2) is 5.96. The summed E-state index contributed by atoms with van der Waals surface area (Å²) in [4.78, 5) is 18.9. The third-order valence-electron chi connectivity index (χ3n) is 4.48. The van der Waals surface area contributed by atoms with Crippen molar-refractivity contribution < 1.29 is 4.79 Å². The minimum atomic E-state index is -0.195. The maximum atomic E-state index is 12.7. The zero-order valence-corrected chi connectivity index (χ0v) is 13.5. The van der Waals surface area contributed by atoms with E-state index < -0.39 is 0 Å². The number of hydrogen-bond donors (Lipinski definition) is 1. The fraction of sp³-hybridized carbons (Fsp3) is 0.278. The number of carbonyl (C=O) groups is 1. The molecule has 24 heavy (non-hydrogen) atoms. The first kappa shape index (κ1) is 14.7. The number of hydrogen-bond acceptors (Lipinski definition) is 4. The van der Waals surface area contributed by atoms with Gasteiger partial charge in [-0.1, -0.05) is 30.3 Å². The van der Waals surface area contributed by atoms with Crippen LogP contribution in [0.3, 0.4) is 0 Å². The summed E-state index contributed by atoms with van der Waals surface area (Å²) in [5.41, 5.74) is 2.88. The number of pyridine rings is 1. The van der Waals surface area contributed by atoms with E-state index in [4.69, 9.17) is 0 Å². The van der Waals surface area contributed by atoms with Gasteiger partial charge in [-0.15, -0.1) is 0 Å². The molecule has 3 heterocycles. The van der Waals surface area contributed by atoms with Crippen molar-refractivity contribution in [1.82, 2.24) is 19.7 Å². The van der Waals surface area contributed by atoms with E-state index in [9.17, 15) is 4.79 Å². The molecule has 1 unspecified atom stereocenters. The van der Waals surface area contributed by atoms with Crippen molar-refractivity contribution >= 4 is 22.6 Å². The zero-order valence-electron chi connectivity index (χ0n) is 13.5. The summed E-state index contributed by atoms with van der Waals surface area (Å²) in [6, 6.07) is 11.8. The molecule has 1 aliphatic heterocycles. The molecule has 2 aromatic heterocycles. The average molecular weight is 321 g/mol. The number of fused-ring (bicyclic) bond motifs is 1. The number of amides is 1. The van der Waals surface area contributed by atoms with Gasteiger partial charge in [-0.2, -0.15) is 5.10 Å². The molecule has 0 radical (unpaired) electrons. The lowest BCUT2D eigenvalue weighted by Crippen LogP contribution is -2.33. The van der Waals surface area contributed by atoms with Crippen LogP contribution in [0.2, 0.25) is 0 Å². The summed E-state index contributed by atoms with van der Waals surface area (Å²) in [5, 5.41) is 8.56. The molecule has 1 saturated heterocycles. The van der Waals surface area contributed by atoms with Gasteiger partial charge in [0.1, 0.15) is 6.04 Å². The zero-order chi connectivity index (χ0) is 16.5. The van der Waals surface area contributed by atoms with Crippen LogP contribution < -0.4 is 5.32 Å². The lowest BCUT2D eigenvalue weighted by Gasteiger charge is -2.18. The van der Waals surface area contributed by atoms with Crippen molar-refractivity contribution in [3.8, 4) is 0 Å². The number of carbonyl (C=O) groups excluding carboxylic acids is 1. The Labute approximate surface area is 140 Å². The first-order valence-electron chi connectivity index (χ1n) is 8.08. The van der Waals surface area contributed by atoms with E-state index in [1.807, 2.05) is 36.2 Å². The minimum Gasteiger partial charge on any atom is -0.373 e. The highest BCUT2D eigenvalue weighted by Gasteiger charge is 2.31. The Bertz CT molecular complexity index is 874.